The van der Waals surface area contributed by atoms with Crippen LogP contribution in [0, 0.1) is 18.8 Å². The standard InChI is InChI=1S/C18H28N4O2/c1-13-4-3-5-16(10-13)22-18(24)21-12-15-8-6-14(7-9-15)11-20-17(23)19-2/h3-5,10,14-15H,6-9,11-12H2,1-2H3,(H2,19,20,23)(H2,21,22,24). The number of carbonyl (C=O) groups is 2. The molecule has 0 saturated heterocycles. The Kier molecular flexibility index (Phi) is 6.90. The van der Waals surface area contributed by atoms with Crippen LogP contribution in [-0.2, 0) is 0 Å². The van der Waals surface area contributed by atoms with Gasteiger partial charge < -0.3 is 21.3 Å². The van der Waals surface area contributed by atoms with Crippen molar-refractivity contribution in [3.05, 3.63) is 29.8 Å². The molecule has 1 fully saturated rings. The number of benzene rings is 1. The van der Waals surface area contributed by atoms with Crippen LogP contribution in [0.15, 0.2) is 24.3 Å². The number of anilines is 1. The molecule has 0 atom stereocenters. The number of nitrogens with one attached hydrogen (secondary N) is 4. The normalized spacial score (nSPS) is 20.1. The van der Waals surface area contributed by atoms with Gasteiger partial charge in [0.15, 0.2) is 0 Å². The second-order valence-corrected chi connectivity index (χ2v) is 6.55. The van der Waals surface area contributed by atoms with Crippen LogP contribution >= 0.6 is 0 Å². The van der Waals surface area contributed by atoms with Gasteiger partial charge in [0.25, 0.3) is 0 Å². The monoisotopic (exact) mass is 332 g/mol. The smallest absolute Gasteiger partial charge is 0.319 e. The summed E-state index contributed by atoms with van der Waals surface area (Å²) < 4.78 is 0. The Morgan fingerprint density at radius 2 is 1.58 bits per heavy atom. The molecule has 6 heteroatoms. The third-order valence-corrected chi connectivity index (χ3v) is 4.57. The first-order chi connectivity index (χ1) is 11.6. The number of aryl methyl sites for hydroxylation is 1. The van der Waals surface area contributed by atoms with E-state index in [0.29, 0.717) is 18.4 Å². The Morgan fingerprint density at radius 3 is 2.12 bits per heavy atom. The molecule has 1 saturated carbocycles. The molecule has 1 aliphatic rings. The molecule has 0 spiro atoms. The number of carbonyl (C=O) groups excluding carboxylic acids is 2. The summed E-state index contributed by atoms with van der Waals surface area (Å²) in [4.78, 5) is 23.2. The van der Waals surface area contributed by atoms with E-state index < -0.39 is 0 Å². The van der Waals surface area contributed by atoms with Gasteiger partial charge in [-0.1, -0.05) is 12.1 Å². The highest BCUT2D eigenvalue weighted by Crippen LogP contribution is 2.27. The van der Waals surface area contributed by atoms with Gasteiger partial charge in [0, 0.05) is 25.8 Å². The largest absolute Gasteiger partial charge is 0.341 e. The van der Waals surface area contributed by atoms with Crippen molar-refractivity contribution in [2.24, 2.45) is 11.8 Å². The van der Waals surface area contributed by atoms with E-state index in [0.717, 1.165) is 43.5 Å². The van der Waals surface area contributed by atoms with Gasteiger partial charge >= 0.3 is 12.1 Å². The molecule has 0 radical (unpaired) electrons. The SMILES string of the molecule is CNC(=O)NCC1CCC(CNC(=O)Nc2cccc(C)c2)CC1. The first-order valence-electron chi connectivity index (χ1n) is 8.64. The topological polar surface area (TPSA) is 82.3 Å². The minimum Gasteiger partial charge on any atom is -0.341 e. The number of urea groups is 2. The molecule has 1 aromatic rings. The number of hydrogen-bond acceptors (Lipinski definition) is 2. The molecule has 1 aliphatic carbocycles. The van der Waals surface area contributed by atoms with Gasteiger partial charge in [-0.2, -0.15) is 0 Å². The van der Waals surface area contributed by atoms with E-state index >= 15 is 0 Å². The van der Waals surface area contributed by atoms with Crippen LogP contribution in [0.2, 0.25) is 0 Å². The maximum absolute atomic E-state index is 12.0. The van der Waals surface area contributed by atoms with E-state index in [1.807, 2.05) is 31.2 Å². The maximum Gasteiger partial charge on any atom is 0.319 e. The van der Waals surface area contributed by atoms with Crippen LogP contribution in [0.5, 0.6) is 0 Å². The molecule has 0 aliphatic heterocycles. The third kappa shape index (κ3) is 6.10. The fraction of sp³-hybridized carbons (Fsp3) is 0.556. The molecule has 0 unspecified atom stereocenters. The fourth-order valence-corrected chi connectivity index (χ4v) is 3.10. The second kappa shape index (κ2) is 9.15. The first kappa shape index (κ1) is 18.1. The van der Waals surface area contributed by atoms with Crippen molar-refractivity contribution in [3.63, 3.8) is 0 Å². The minimum atomic E-state index is -0.149. The van der Waals surface area contributed by atoms with Crippen molar-refractivity contribution in [2.75, 3.05) is 25.5 Å². The predicted octanol–water partition coefficient (Wildman–Crippen LogP) is 2.85. The van der Waals surface area contributed by atoms with Crippen molar-refractivity contribution >= 4 is 17.7 Å². The molecule has 0 heterocycles. The maximum atomic E-state index is 12.0. The highest BCUT2D eigenvalue weighted by molar-refractivity contribution is 5.89. The molecule has 2 rings (SSSR count). The Balaban J connectivity index is 1.63. The lowest BCUT2D eigenvalue weighted by Crippen LogP contribution is -2.38. The molecule has 132 valence electrons. The average Bonchev–Trinajstić information content (AvgIpc) is 2.58. The zero-order valence-corrected chi connectivity index (χ0v) is 14.5. The van der Waals surface area contributed by atoms with Crippen LogP contribution in [-0.4, -0.2) is 32.2 Å². The molecule has 4 N–H and O–H groups in total. The summed E-state index contributed by atoms with van der Waals surface area (Å²) in [5, 5.41) is 11.3. The van der Waals surface area contributed by atoms with Crippen molar-refractivity contribution in [3.8, 4) is 0 Å². The highest BCUT2D eigenvalue weighted by atomic mass is 16.2. The van der Waals surface area contributed by atoms with Gasteiger partial charge in [-0.05, 0) is 62.1 Å². The Hall–Kier alpha value is -2.24. The molecular weight excluding hydrogens is 304 g/mol. The van der Waals surface area contributed by atoms with E-state index in [-0.39, 0.29) is 12.1 Å². The van der Waals surface area contributed by atoms with E-state index in [9.17, 15) is 9.59 Å². The molecule has 0 aromatic heterocycles. The molecule has 6 nitrogen and oxygen atoms in total. The Morgan fingerprint density at radius 1 is 1.00 bits per heavy atom. The quantitative estimate of drug-likeness (QED) is 0.669. The summed E-state index contributed by atoms with van der Waals surface area (Å²) in [6, 6.07) is 7.50. The van der Waals surface area contributed by atoms with E-state index in [2.05, 4.69) is 21.3 Å². The molecule has 0 bridgehead atoms. The van der Waals surface area contributed by atoms with Gasteiger partial charge in [0.05, 0.1) is 0 Å². The molecular formula is C18H28N4O2. The second-order valence-electron chi connectivity index (χ2n) is 6.55. The molecule has 24 heavy (non-hydrogen) atoms. The summed E-state index contributed by atoms with van der Waals surface area (Å²) in [6.45, 7) is 3.43. The van der Waals surface area contributed by atoms with Crippen molar-refractivity contribution in [1.29, 1.82) is 0 Å². The lowest BCUT2D eigenvalue weighted by molar-refractivity contribution is 0.228. The average molecular weight is 332 g/mol. The van der Waals surface area contributed by atoms with E-state index in [1.165, 1.54) is 0 Å². The van der Waals surface area contributed by atoms with Crippen molar-refractivity contribution in [1.82, 2.24) is 16.0 Å². The zero-order chi connectivity index (χ0) is 17.4. The highest BCUT2D eigenvalue weighted by Gasteiger charge is 2.21. The summed E-state index contributed by atoms with van der Waals surface area (Å²) >= 11 is 0. The first-order valence-corrected chi connectivity index (χ1v) is 8.64. The van der Waals surface area contributed by atoms with Crippen LogP contribution in [0.1, 0.15) is 31.2 Å². The van der Waals surface area contributed by atoms with E-state index in [1.54, 1.807) is 7.05 Å². The fourth-order valence-electron chi connectivity index (χ4n) is 3.10. The summed E-state index contributed by atoms with van der Waals surface area (Å²) in [5.74, 6) is 1.06. The van der Waals surface area contributed by atoms with Gasteiger partial charge in [0.1, 0.15) is 0 Å². The Labute approximate surface area is 143 Å². The summed E-state index contributed by atoms with van der Waals surface area (Å²) in [7, 11) is 1.62. The third-order valence-electron chi connectivity index (χ3n) is 4.57. The lowest BCUT2D eigenvalue weighted by Gasteiger charge is -2.28. The lowest BCUT2D eigenvalue weighted by atomic mass is 9.82. The van der Waals surface area contributed by atoms with Crippen molar-refractivity contribution < 1.29 is 9.59 Å². The predicted molar refractivity (Wildman–Crippen MR) is 96.1 cm³/mol. The Bertz CT molecular complexity index is 554. The summed E-state index contributed by atoms with van der Waals surface area (Å²) in [5.41, 5.74) is 1.94. The van der Waals surface area contributed by atoms with Crippen molar-refractivity contribution in [2.45, 2.75) is 32.6 Å². The number of amides is 4. The van der Waals surface area contributed by atoms with Crippen LogP contribution < -0.4 is 21.3 Å². The molecule has 1 aromatic carbocycles. The summed E-state index contributed by atoms with van der Waals surface area (Å²) in [6.07, 6.45) is 4.36. The number of rotatable bonds is 5. The van der Waals surface area contributed by atoms with Gasteiger partial charge in [-0.25, -0.2) is 9.59 Å². The van der Waals surface area contributed by atoms with Crippen LogP contribution in [0.3, 0.4) is 0 Å². The van der Waals surface area contributed by atoms with Gasteiger partial charge in [-0.3, -0.25) is 0 Å². The number of hydrogen-bond donors (Lipinski definition) is 4. The zero-order valence-electron chi connectivity index (χ0n) is 14.5. The molecule has 4 amide bonds. The van der Waals surface area contributed by atoms with Crippen LogP contribution in [0.25, 0.3) is 0 Å². The minimum absolute atomic E-state index is 0.119. The van der Waals surface area contributed by atoms with Gasteiger partial charge in [-0.15, -0.1) is 0 Å². The van der Waals surface area contributed by atoms with E-state index in [4.69, 9.17) is 0 Å². The van der Waals surface area contributed by atoms with Crippen LogP contribution in [0.4, 0.5) is 15.3 Å². The van der Waals surface area contributed by atoms with Gasteiger partial charge in [0.2, 0.25) is 0 Å².